The quantitative estimate of drug-likeness (QED) is 0.582. The highest BCUT2D eigenvalue weighted by atomic mass is 19.1. The Balaban J connectivity index is 1.99. The summed E-state index contributed by atoms with van der Waals surface area (Å²) in [5.74, 6) is 0. The van der Waals surface area contributed by atoms with Crippen molar-refractivity contribution in [1.82, 2.24) is 10.2 Å². The van der Waals surface area contributed by atoms with E-state index in [9.17, 15) is 14.3 Å². The van der Waals surface area contributed by atoms with Crippen molar-refractivity contribution in [3.63, 3.8) is 0 Å². The summed E-state index contributed by atoms with van der Waals surface area (Å²) >= 11 is 0. The predicted octanol–water partition coefficient (Wildman–Crippen LogP) is -0.835. The summed E-state index contributed by atoms with van der Waals surface area (Å²) in [6.45, 7) is -0.00869. The maximum Gasteiger partial charge on any atom is 0.321 e. The monoisotopic (exact) mass is 234 g/mol. The molecule has 2 saturated heterocycles. The standard InChI is InChI=1S/C9H15FN2O4/c10-6-3-5(4-13)16-8(6)12-2-1-7(14)11-9(12)15/h5-8,13-14H,1-4H2,(H,11,15)/t5-,6?,7-,8+/m0/s1. The molecule has 2 fully saturated rings. The first kappa shape index (κ1) is 11.6. The molecular formula is C9H15FN2O4. The Bertz CT molecular complexity index is 278. The molecule has 2 aliphatic rings. The molecule has 4 atom stereocenters. The molecule has 2 rings (SSSR count). The maximum atomic E-state index is 13.6. The van der Waals surface area contributed by atoms with Crippen LogP contribution in [0.5, 0.6) is 0 Å². The third-order valence-corrected chi connectivity index (χ3v) is 2.83. The van der Waals surface area contributed by atoms with Gasteiger partial charge in [0.15, 0.2) is 6.23 Å². The summed E-state index contributed by atoms with van der Waals surface area (Å²) in [5.41, 5.74) is 0. The summed E-state index contributed by atoms with van der Waals surface area (Å²) in [6.07, 6.45) is -3.26. The van der Waals surface area contributed by atoms with Crippen molar-refractivity contribution in [3.05, 3.63) is 0 Å². The average Bonchev–Trinajstić information content (AvgIpc) is 2.60. The minimum absolute atomic E-state index is 0.0908. The third-order valence-electron chi connectivity index (χ3n) is 2.83. The second-order valence-corrected chi connectivity index (χ2v) is 4.03. The van der Waals surface area contributed by atoms with E-state index in [2.05, 4.69) is 5.32 Å². The number of alkyl halides is 1. The van der Waals surface area contributed by atoms with Crippen LogP contribution in [0.3, 0.4) is 0 Å². The van der Waals surface area contributed by atoms with Crippen LogP contribution in [0.2, 0.25) is 0 Å². The van der Waals surface area contributed by atoms with Crippen LogP contribution in [0.15, 0.2) is 0 Å². The van der Waals surface area contributed by atoms with Crippen LogP contribution in [-0.2, 0) is 4.74 Å². The van der Waals surface area contributed by atoms with Gasteiger partial charge in [0.2, 0.25) is 0 Å². The number of halogens is 1. The Kier molecular flexibility index (Phi) is 3.27. The molecule has 2 aliphatic heterocycles. The lowest BCUT2D eigenvalue weighted by molar-refractivity contribution is -0.0773. The van der Waals surface area contributed by atoms with E-state index in [1.165, 1.54) is 4.90 Å². The molecule has 6 nitrogen and oxygen atoms in total. The molecule has 7 heteroatoms. The minimum atomic E-state index is -1.29. The van der Waals surface area contributed by atoms with Crippen molar-refractivity contribution >= 4 is 6.03 Å². The van der Waals surface area contributed by atoms with Crippen LogP contribution in [0, 0.1) is 0 Å². The Morgan fingerprint density at radius 3 is 2.94 bits per heavy atom. The van der Waals surface area contributed by atoms with E-state index in [1.807, 2.05) is 0 Å². The second kappa shape index (κ2) is 4.52. The molecule has 2 heterocycles. The molecule has 0 radical (unpaired) electrons. The van der Waals surface area contributed by atoms with Crippen LogP contribution in [0.25, 0.3) is 0 Å². The molecule has 0 aliphatic carbocycles. The molecule has 3 N–H and O–H groups in total. The fourth-order valence-electron chi connectivity index (χ4n) is 2.00. The normalized spacial score (nSPS) is 39.9. The summed E-state index contributed by atoms with van der Waals surface area (Å²) in [4.78, 5) is 12.7. The largest absolute Gasteiger partial charge is 0.394 e. The first-order chi connectivity index (χ1) is 7.61. The van der Waals surface area contributed by atoms with Crippen molar-refractivity contribution in [1.29, 1.82) is 0 Å². The Hall–Kier alpha value is -0.920. The number of rotatable bonds is 2. The zero-order chi connectivity index (χ0) is 11.7. The van der Waals surface area contributed by atoms with Gasteiger partial charge in [-0.05, 0) is 0 Å². The van der Waals surface area contributed by atoms with Crippen molar-refractivity contribution in [2.45, 2.75) is 37.6 Å². The fraction of sp³-hybridized carbons (Fsp3) is 0.889. The number of nitrogens with one attached hydrogen (secondary N) is 1. The van der Waals surface area contributed by atoms with Crippen molar-refractivity contribution < 1.29 is 24.1 Å². The van der Waals surface area contributed by atoms with Gasteiger partial charge in [0.1, 0.15) is 12.4 Å². The Morgan fingerprint density at radius 2 is 2.38 bits per heavy atom. The van der Waals surface area contributed by atoms with E-state index in [0.29, 0.717) is 6.42 Å². The lowest BCUT2D eigenvalue weighted by Gasteiger charge is -2.35. The van der Waals surface area contributed by atoms with Gasteiger partial charge in [-0.3, -0.25) is 4.90 Å². The highest BCUT2D eigenvalue weighted by Crippen LogP contribution is 2.27. The van der Waals surface area contributed by atoms with Gasteiger partial charge in [-0.1, -0.05) is 0 Å². The van der Waals surface area contributed by atoms with Crippen molar-refractivity contribution in [2.75, 3.05) is 13.2 Å². The number of urea groups is 1. The van der Waals surface area contributed by atoms with Gasteiger partial charge in [-0.25, -0.2) is 9.18 Å². The van der Waals surface area contributed by atoms with E-state index in [1.54, 1.807) is 0 Å². The van der Waals surface area contributed by atoms with Gasteiger partial charge in [0.05, 0.1) is 12.7 Å². The van der Waals surface area contributed by atoms with Crippen LogP contribution >= 0.6 is 0 Å². The van der Waals surface area contributed by atoms with E-state index in [0.717, 1.165) is 0 Å². The molecule has 0 aromatic rings. The first-order valence-corrected chi connectivity index (χ1v) is 5.27. The molecule has 0 spiro atoms. The van der Waals surface area contributed by atoms with Crippen LogP contribution < -0.4 is 5.32 Å². The number of carbonyl (C=O) groups excluding carboxylic acids is 1. The van der Waals surface area contributed by atoms with E-state index >= 15 is 0 Å². The SMILES string of the molecule is O=C1N[C@@H](O)CCN1[C@@H]1O[C@H](CO)CC1F. The van der Waals surface area contributed by atoms with E-state index in [4.69, 9.17) is 9.84 Å². The number of hydrogen-bond acceptors (Lipinski definition) is 4. The van der Waals surface area contributed by atoms with Crippen LogP contribution in [-0.4, -0.2) is 59.0 Å². The zero-order valence-electron chi connectivity index (χ0n) is 8.67. The van der Waals surface area contributed by atoms with Crippen molar-refractivity contribution in [3.8, 4) is 0 Å². The minimum Gasteiger partial charge on any atom is -0.394 e. The smallest absolute Gasteiger partial charge is 0.321 e. The molecule has 0 saturated carbocycles. The van der Waals surface area contributed by atoms with Gasteiger partial charge in [0.25, 0.3) is 0 Å². The molecule has 1 unspecified atom stereocenters. The van der Waals surface area contributed by atoms with Gasteiger partial charge in [-0.15, -0.1) is 0 Å². The third kappa shape index (κ3) is 2.11. The van der Waals surface area contributed by atoms with Gasteiger partial charge in [-0.2, -0.15) is 0 Å². The predicted molar refractivity (Wildman–Crippen MR) is 51.1 cm³/mol. The number of amides is 2. The molecule has 16 heavy (non-hydrogen) atoms. The summed E-state index contributed by atoms with van der Waals surface area (Å²) in [5, 5.41) is 20.3. The zero-order valence-corrected chi connectivity index (χ0v) is 8.67. The lowest BCUT2D eigenvalue weighted by atomic mass is 10.2. The molecule has 0 aromatic carbocycles. The first-order valence-electron chi connectivity index (χ1n) is 5.27. The fourth-order valence-corrected chi connectivity index (χ4v) is 2.00. The van der Waals surface area contributed by atoms with E-state index in [-0.39, 0.29) is 19.6 Å². The molecule has 0 bridgehead atoms. The summed E-state index contributed by atoms with van der Waals surface area (Å²) < 4.78 is 18.8. The Morgan fingerprint density at radius 1 is 1.62 bits per heavy atom. The number of aliphatic hydroxyl groups is 2. The maximum absolute atomic E-state index is 13.6. The number of ether oxygens (including phenoxy) is 1. The van der Waals surface area contributed by atoms with Crippen molar-refractivity contribution in [2.24, 2.45) is 0 Å². The number of carbonyl (C=O) groups is 1. The van der Waals surface area contributed by atoms with E-state index < -0.39 is 30.8 Å². The number of nitrogens with zero attached hydrogens (tertiary/aromatic N) is 1. The number of hydrogen-bond donors (Lipinski definition) is 3. The second-order valence-electron chi connectivity index (χ2n) is 4.03. The Labute approximate surface area is 92.0 Å². The molecular weight excluding hydrogens is 219 g/mol. The highest BCUT2D eigenvalue weighted by molar-refractivity contribution is 5.75. The van der Waals surface area contributed by atoms with Crippen LogP contribution in [0.1, 0.15) is 12.8 Å². The topological polar surface area (TPSA) is 82.0 Å². The molecule has 0 aromatic heterocycles. The van der Waals surface area contributed by atoms with Gasteiger partial charge in [0, 0.05) is 19.4 Å². The van der Waals surface area contributed by atoms with Gasteiger partial charge < -0.3 is 20.3 Å². The van der Waals surface area contributed by atoms with Gasteiger partial charge >= 0.3 is 6.03 Å². The summed E-state index contributed by atoms with van der Waals surface area (Å²) in [6, 6.07) is -0.537. The van der Waals surface area contributed by atoms with Crippen LogP contribution in [0.4, 0.5) is 9.18 Å². The molecule has 92 valence electrons. The average molecular weight is 234 g/mol. The number of aliphatic hydroxyl groups excluding tert-OH is 2. The lowest BCUT2D eigenvalue weighted by Crippen LogP contribution is -2.56. The molecule has 2 amide bonds. The highest BCUT2D eigenvalue weighted by Gasteiger charge is 2.42. The summed E-state index contributed by atoms with van der Waals surface area (Å²) in [7, 11) is 0.